The molecule has 0 amide bonds. The fraction of sp³-hybridized carbons (Fsp3) is 0.0968. The van der Waals surface area contributed by atoms with Crippen LogP contribution in [0.1, 0.15) is 5.56 Å². The molecule has 0 aliphatic carbocycles. The Morgan fingerprint density at radius 2 is 1.06 bits per heavy atom. The van der Waals surface area contributed by atoms with Gasteiger partial charge in [-0.2, -0.15) is 0 Å². The van der Waals surface area contributed by atoms with Crippen LogP contribution >= 0.6 is 0 Å². The molecular weight excluding hydrogens is 448 g/mol. The molecule has 0 bridgehead atoms. The molecule has 0 unspecified atom stereocenters. The summed E-state index contributed by atoms with van der Waals surface area (Å²) in [5.41, 5.74) is 1.49. The van der Waals surface area contributed by atoms with Crippen molar-refractivity contribution in [1.29, 1.82) is 0 Å². The Labute approximate surface area is 213 Å². The maximum Gasteiger partial charge on any atom is 4.00 e. The van der Waals surface area contributed by atoms with Gasteiger partial charge in [0.2, 0.25) is 0 Å². The molecular formula is C31H30SiTi. The first kappa shape index (κ1) is 25.2. The Bertz CT molecular complexity index is 1550. The number of benzene rings is 4. The molecule has 0 aromatic heterocycles. The second-order valence-electron chi connectivity index (χ2n) is 9.17. The van der Waals surface area contributed by atoms with E-state index in [9.17, 15) is 0 Å². The molecule has 0 saturated carbocycles. The molecule has 0 aliphatic rings. The summed E-state index contributed by atoms with van der Waals surface area (Å²) in [5.74, 6) is 0. The standard InChI is InChI=1S/C29H24Si.2CH3.Ti/c1-30(2,29-16-8-15-26-24-13-6-4-10-21(24)18-28(26)29)19-22-11-7-14-25-23-12-5-3-9-20(23)17-27(22)25;;;/h3-18H,19H2,1-2H3;2*1H3;/q-2;2*-1;+4. The summed E-state index contributed by atoms with van der Waals surface area (Å²) in [4.78, 5) is 0. The van der Waals surface area contributed by atoms with Crippen molar-refractivity contribution in [3.63, 3.8) is 0 Å². The summed E-state index contributed by atoms with van der Waals surface area (Å²) in [6.07, 6.45) is 0. The summed E-state index contributed by atoms with van der Waals surface area (Å²) in [5, 5.41) is 12.7. The third kappa shape index (κ3) is 4.04. The number of hydrogen-bond acceptors (Lipinski definition) is 0. The molecule has 0 fully saturated rings. The van der Waals surface area contributed by atoms with Crippen LogP contribution in [0.15, 0.2) is 97.1 Å². The summed E-state index contributed by atoms with van der Waals surface area (Å²) in [6, 6.07) is 37.3. The molecule has 0 aliphatic heterocycles. The monoisotopic (exact) mass is 478 g/mol. The quantitative estimate of drug-likeness (QED) is 0.177. The zero-order chi connectivity index (χ0) is 20.3. The number of rotatable bonds is 3. The van der Waals surface area contributed by atoms with E-state index in [0.29, 0.717) is 0 Å². The molecule has 2 heteroatoms. The van der Waals surface area contributed by atoms with E-state index in [2.05, 4.69) is 110 Å². The van der Waals surface area contributed by atoms with Crippen molar-refractivity contribution in [3.8, 4) is 0 Å². The minimum atomic E-state index is -1.71. The van der Waals surface area contributed by atoms with Crippen molar-refractivity contribution in [2.24, 2.45) is 0 Å². The first-order chi connectivity index (χ1) is 14.6. The predicted molar refractivity (Wildman–Crippen MR) is 148 cm³/mol. The molecule has 6 aromatic carbocycles. The van der Waals surface area contributed by atoms with Gasteiger partial charge in [0.05, 0.1) is 0 Å². The molecule has 6 aromatic rings. The molecule has 162 valence electrons. The molecule has 0 saturated heterocycles. The van der Waals surface area contributed by atoms with Gasteiger partial charge in [0, 0.05) is 8.07 Å². The second kappa shape index (κ2) is 9.43. The van der Waals surface area contributed by atoms with Crippen LogP contribution in [0.5, 0.6) is 0 Å². The summed E-state index contributed by atoms with van der Waals surface area (Å²) < 4.78 is 0. The Morgan fingerprint density at radius 3 is 1.70 bits per heavy atom. The van der Waals surface area contributed by atoms with E-state index in [4.69, 9.17) is 0 Å². The Hall–Kier alpha value is -2.45. The van der Waals surface area contributed by atoms with Crippen LogP contribution in [-0.2, 0) is 27.8 Å². The average Bonchev–Trinajstić information content (AvgIpc) is 3.32. The molecule has 0 N–H and O–H groups in total. The van der Waals surface area contributed by atoms with E-state index >= 15 is 0 Å². The SMILES string of the molecule is C[Si](C)(Cc1cccc2c1[cH-]c1ccccc12)c1cccc2c1[cH-]c1ccccc12.[CH3-].[CH3-].[Ti+4]. The smallest absolute Gasteiger partial charge is 0.358 e. The van der Waals surface area contributed by atoms with Crippen molar-refractivity contribution in [2.75, 3.05) is 0 Å². The molecule has 0 heterocycles. The maximum absolute atomic E-state index is 2.53. The zero-order valence-electron chi connectivity index (χ0n) is 19.9. The van der Waals surface area contributed by atoms with Crippen molar-refractivity contribution in [3.05, 3.63) is 117 Å². The average molecular weight is 479 g/mol. The van der Waals surface area contributed by atoms with Crippen LogP contribution < -0.4 is 5.19 Å². The minimum Gasteiger partial charge on any atom is -0.358 e. The van der Waals surface area contributed by atoms with Crippen molar-refractivity contribution in [1.82, 2.24) is 0 Å². The number of fused-ring (bicyclic) bond motifs is 6. The minimum absolute atomic E-state index is 0. The van der Waals surface area contributed by atoms with Gasteiger partial charge in [-0.05, 0) is 0 Å². The van der Waals surface area contributed by atoms with Crippen LogP contribution in [0.2, 0.25) is 13.1 Å². The fourth-order valence-electron chi connectivity index (χ4n) is 5.34. The first-order valence-electron chi connectivity index (χ1n) is 10.8. The van der Waals surface area contributed by atoms with E-state index in [-0.39, 0.29) is 36.6 Å². The summed E-state index contributed by atoms with van der Waals surface area (Å²) in [6.45, 7) is 5.06. The van der Waals surface area contributed by atoms with E-state index in [0.717, 1.165) is 6.04 Å². The van der Waals surface area contributed by atoms with Gasteiger partial charge < -0.3 is 14.9 Å². The van der Waals surface area contributed by atoms with Gasteiger partial charge >= 0.3 is 21.7 Å². The topological polar surface area (TPSA) is 0 Å². The van der Waals surface area contributed by atoms with E-state index in [1.54, 1.807) is 5.19 Å². The molecule has 0 nitrogen and oxygen atoms in total. The first-order valence-corrected chi connectivity index (χ1v) is 14.0. The molecule has 33 heavy (non-hydrogen) atoms. The Morgan fingerprint density at radius 1 is 0.576 bits per heavy atom. The van der Waals surface area contributed by atoms with Gasteiger partial charge in [0.15, 0.2) is 0 Å². The van der Waals surface area contributed by atoms with Gasteiger partial charge in [-0.3, -0.25) is 0 Å². The molecule has 0 radical (unpaired) electrons. The van der Waals surface area contributed by atoms with Crippen LogP contribution in [-0.4, -0.2) is 8.07 Å². The maximum atomic E-state index is 2.53. The Balaban J connectivity index is 0.00000102. The zero-order valence-corrected chi connectivity index (χ0v) is 22.5. The van der Waals surface area contributed by atoms with Crippen molar-refractivity contribution < 1.29 is 21.7 Å². The van der Waals surface area contributed by atoms with Gasteiger partial charge in [0.25, 0.3) is 0 Å². The summed E-state index contributed by atoms with van der Waals surface area (Å²) >= 11 is 0. The van der Waals surface area contributed by atoms with Crippen molar-refractivity contribution in [2.45, 2.75) is 19.1 Å². The van der Waals surface area contributed by atoms with Crippen LogP contribution in [0.25, 0.3) is 43.1 Å². The van der Waals surface area contributed by atoms with Crippen LogP contribution in [0.4, 0.5) is 0 Å². The second-order valence-corrected chi connectivity index (χ2v) is 13.8. The molecule has 0 spiro atoms. The van der Waals surface area contributed by atoms with Crippen LogP contribution in [0, 0.1) is 14.9 Å². The van der Waals surface area contributed by atoms with Gasteiger partial charge in [0.1, 0.15) is 0 Å². The third-order valence-electron chi connectivity index (χ3n) is 6.77. The molecule has 6 rings (SSSR count). The van der Waals surface area contributed by atoms with E-state index in [1.807, 2.05) is 0 Å². The predicted octanol–water partition coefficient (Wildman–Crippen LogP) is 8.33. The van der Waals surface area contributed by atoms with Gasteiger partial charge in [-0.1, -0.05) is 91.9 Å². The normalized spacial score (nSPS) is 11.3. The van der Waals surface area contributed by atoms with Gasteiger partial charge in [-0.15, -0.1) is 78.1 Å². The largest absolute Gasteiger partial charge is 4.00 e. The Kier molecular flexibility index (Phi) is 7.19. The van der Waals surface area contributed by atoms with Crippen molar-refractivity contribution >= 4 is 56.4 Å². The van der Waals surface area contributed by atoms with Crippen LogP contribution in [0.3, 0.4) is 0 Å². The van der Waals surface area contributed by atoms with E-state index < -0.39 is 8.07 Å². The van der Waals surface area contributed by atoms with Gasteiger partial charge in [-0.25, -0.2) is 0 Å². The summed E-state index contributed by atoms with van der Waals surface area (Å²) in [7, 11) is -1.71. The molecule has 0 atom stereocenters. The fourth-order valence-corrected chi connectivity index (χ4v) is 8.27. The number of hydrogen-bond donors (Lipinski definition) is 0. The third-order valence-corrected chi connectivity index (χ3v) is 9.92. The van der Waals surface area contributed by atoms with E-state index in [1.165, 1.54) is 48.7 Å².